The number of nitrogens with one attached hydrogen (secondary N) is 1. The Balaban J connectivity index is 1.86. The molecule has 3 rings (SSSR count). The number of carbonyl (C=O) groups excluding carboxylic acids is 2. The van der Waals surface area contributed by atoms with Crippen LogP contribution in [0.2, 0.25) is 0 Å². The van der Waals surface area contributed by atoms with Gasteiger partial charge in [-0.15, -0.1) is 0 Å². The maximum Gasteiger partial charge on any atom is 0.259 e. The number of anilines is 1. The van der Waals surface area contributed by atoms with Crippen LogP contribution in [0.3, 0.4) is 0 Å². The van der Waals surface area contributed by atoms with E-state index in [0.29, 0.717) is 17.8 Å². The summed E-state index contributed by atoms with van der Waals surface area (Å²) in [4.78, 5) is 34.1. The number of rotatable bonds is 5. The molecule has 1 aromatic carbocycles. The van der Waals surface area contributed by atoms with E-state index in [1.165, 1.54) is 16.7 Å². The van der Waals surface area contributed by atoms with Crippen LogP contribution in [0.4, 0.5) is 5.69 Å². The smallest absolute Gasteiger partial charge is 0.259 e. The number of likely N-dealkylation sites (N-methyl/N-ethyl adjacent to an activating group) is 1. The van der Waals surface area contributed by atoms with Crippen LogP contribution in [-0.2, 0) is 4.79 Å². The Bertz CT molecular complexity index is 794. The van der Waals surface area contributed by atoms with E-state index in [1.54, 1.807) is 18.3 Å². The minimum Gasteiger partial charge on any atom is -0.353 e. The van der Waals surface area contributed by atoms with Crippen molar-refractivity contribution in [3.8, 4) is 0 Å². The Labute approximate surface area is 151 Å². The molecule has 25 heavy (non-hydrogen) atoms. The fourth-order valence-electron chi connectivity index (χ4n) is 2.53. The van der Waals surface area contributed by atoms with Crippen LogP contribution in [0.25, 0.3) is 0 Å². The first-order valence-corrected chi connectivity index (χ1v) is 8.83. The second-order valence-electron chi connectivity index (χ2n) is 5.97. The first-order chi connectivity index (χ1) is 12.1. The van der Waals surface area contributed by atoms with Crippen molar-refractivity contribution < 1.29 is 9.59 Å². The molecule has 0 bridgehead atoms. The van der Waals surface area contributed by atoms with Gasteiger partial charge in [-0.1, -0.05) is 23.9 Å². The molecule has 6 nitrogen and oxygen atoms in total. The van der Waals surface area contributed by atoms with Crippen molar-refractivity contribution in [1.82, 2.24) is 15.2 Å². The average Bonchev–Trinajstić information content (AvgIpc) is 2.70. The van der Waals surface area contributed by atoms with Crippen molar-refractivity contribution >= 4 is 29.3 Å². The molecule has 2 amide bonds. The topological polar surface area (TPSA) is 65.5 Å². The predicted octanol–water partition coefficient (Wildman–Crippen LogP) is 1.87. The summed E-state index contributed by atoms with van der Waals surface area (Å²) in [6.45, 7) is 1.26. The largest absolute Gasteiger partial charge is 0.353 e. The Hall–Kier alpha value is -2.38. The quantitative estimate of drug-likeness (QED) is 0.886. The Morgan fingerprint density at radius 3 is 2.84 bits per heavy atom. The van der Waals surface area contributed by atoms with Crippen molar-refractivity contribution in [2.45, 2.75) is 9.92 Å². The number of nitrogens with zero attached hydrogens (tertiary/aromatic N) is 3. The highest BCUT2D eigenvalue weighted by atomic mass is 32.2. The number of fused-ring (bicyclic) bond motifs is 2. The molecule has 0 unspecified atom stereocenters. The Morgan fingerprint density at radius 1 is 1.24 bits per heavy atom. The number of benzene rings is 1. The highest BCUT2D eigenvalue weighted by molar-refractivity contribution is 7.99. The van der Waals surface area contributed by atoms with Gasteiger partial charge < -0.3 is 10.2 Å². The van der Waals surface area contributed by atoms with Gasteiger partial charge in [0.05, 0.1) is 11.3 Å². The molecule has 0 aliphatic carbocycles. The van der Waals surface area contributed by atoms with Crippen LogP contribution >= 0.6 is 11.8 Å². The number of carbonyl (C=O) groups is 2. The summed E-state index contributed by atoms with van der Waals surface area (Å²) in [5, 5.41) is 3.58. The summed E-state index contributed by atoms with van der Waals surface area (Å²) in [5.74, 6) is -0.369. The van der Waals surface area contributed by atoms with Gasteiger partial charge in [0.25, 0.3) is 5.91 Å². The highest BCUT2D eigenvalue weighted by Crippen LogP contribution is 2.39. The summed E-state index contributed by atoms with van der Waals surface area (Å²) < 4.78 is 0. The highest BCUT2D eigenvalue weighted by Gasteiger charge is 2.29. The molecule has 2 heterocycles. The molecule has 0 saturated carbocycles. The van der Waals surface area contributed by atoms with Crippen LogP contribution in [-0.4, -0.2) is 55.4 Å². The lowest BCUT2D eigenvalue weighted by Crippen LogP contribution is -2.42. The van der Waals surface area contributed by atoms with Gasteiger partial charge in [0.15, 0.2) is 0 Å². The lowest BCUT2D eigenvalue weighted by atomic mass is 10.2. The molecule has 1 aliphatic heterocycles. The van der Waals surface area contributed by atoms with E-state index in [9.17, 15) is 9.59 Å². The van der Waals surface area contributed by atoms with Crippen LogP contribution in [0, 0.1) is 0 Å². The minimum absolute atomic E-state index is 0.0279. The van der Waals surface area contributed by atoms with E-state index in [-0.39, 0.29) is 18.4 Å². The molecule has 7 heteroatoms. The van der Waals surface area contributed by atoms with E-state index in [4.69, 9.17) is 0 Å². The fraction of sp³-hybridized carbons (Fsp3) is 0.278. The monoisotopic (exact) mass is 356 g/mol. The molecule has 0 atom stereocenters. The number of pyridine rings is 1. The van der Waals surface area contributed by atoms with Crippen LogP contribution < -0.4 is 10.2 Å². The first kappa shape index (κ1) is 17.4. The molecule has 130 valence electrons. The average molecular weight is 356 g/mol. The lowest BCUT2D eigenvalue weighted by Gasteiger charge is -2.22. The third-order valence-corrected chi connectivity index (χ3v) is 4.88. The summed E-state index contributed by atoms with van der Waals surface area (Å²) in [5.41, 5.74) is 1.25. The van der Waals surface area contributed by atoms with E-state index in [1.807, 2.05) is 43.3 Å². The molecule has 0 fully saturated rings. The zero-order chi connectivity index (χ0) is 17.8. The van der Waals surface area contributed by atoms with Crippen molar-refractivity contribution in [3.63, 3.8) is 0 Å². The zero-order valence-electron chi connectivity index (χ0n) is 14.2. The molecule has 1 aliphatic rings. The maximum atomic E-state index is 13.0. The van der Waals surface area contributed by atoms with Crippen LogP contribution in [0.5, 0.6) is 0 Å². The van der Waals surface area contributed by atoms with Crippen molar-refractivity contribution in [1.29, 1.82) is 0 Å². The molecule has 0 radical (unpaired) electrons. The number of hydrogen-bond acceptors (Lipinski definition) is 5. The summed E-state index contributed by atoms with van der Waals surface area (Å²) >= 11 is 1.45. The number of hydrogen-bond donors (Lipinski definition) is 1. The van der Waals surface area contributed by atoms with Crippen molar-refractivity contribution in [2.75, 3.05) is 38.6 Å². The SMILES string of the molecule is CN(C)CCNC(=O)CN1C(=O)c2ccccc2Sc2ncccc21. The van der Waals surface area contributed by atoms with Gasteiger partial charge in [0.1, 0.15) is 11.6 Å². The normalized spacial score (nSPS) is 13.2. The van der Waals surface area contributed by atoms with Gasteiger partial charge in [-0.25, -0.2) is 4.98 Å². The van der Waals surface area contributed by atoms with E-state index in [2.05, 4.69) is 10.3 Å². The zero-order valence-corrected chi connectivity index (χ0v) is 15.0. The summed E-state index contributed by atoms with van der Waals surface area (Å²) in [7, 11) is 3.89. The van der Waals surface area contributed by atoms with Crippen LogP contribution in [0.15, 0.2) is 52.5 Å². The third-order valence-electron chi connectivity index (χ3n) is 3.79. The minimum atomic E-state index is -0.186. The second-order valence-corrected chi connectivity index (χ2v) is 7.00. The molecular formula is C18H20N4O2S. The molecule has 0 spiro atoms. The van der Waals surface area contributed by atoms with Gasteiger partial charge in [-0.05, 0) is 38.4 Å². The van der Waals surface area contributed by atoms with Gasteiger partial charge >= 0.3 is 0 Å². The second kappa shape index (κ2) is 7.67. The molecule has 1 aromatic heterocycles. The predicted molar refractivity (Wildman–Crippen MR) is 98.0 cm³/mol. The third kappa shape index (κ3) is 4.00. The fourth-order valence-corrected chi connectivity index (χ4v) is 3.55. The standard InChI is InChI=1S/C18H20N4O2S/c1-21(2)11-10-19-16(23)12-22-14-7-5-9-20-17(14)25-15-8-4-3-6-13(15)18(22)24/h3-9H,10-12H2,1-2H3,(H,19,23). The maximum absolute atomic E-state index is 13.0. The number of amides is 2. The molecular weight excluding hydrogens is 336 g/mol. The summed E-state index contributed by atoms with van der Waals surface area (Å²) in [6, 6.07) is 11.0. The molecule has 1 N–H and O–H groups in total. The number of aromatic nitrogens is 1. The van der Waals surface area contributed by atoms with Gasteiger partial charge in [-0.3, -0.25) is 14.5 Å². The summed E-state index contributed by atoms with van der Waals surface area (Å²) in [6.07, 6.45) is 1.69. The van der Waals surface area contributed by atoms with E-state index < -0.39 is 0 Å². The van der Waals surface area contributed by atoms with Gasteiger partial charge in [0.2, 0.25) is 5.91 Å². The Kier molecular flexibility index (Phi) is 5.35. The van der Waals surface area contributed by atoms with Gasteiger partial charge in [-0.2, -0.15) is 0 Å². The van der Waals surface area contributed by atoms with E-state index in [0.717, 1.165) is 16.5 Å². The van der Waals surface area contributed by atoms with E-state index >= 15 is 0 Å². The van der Waals surface area contributed by atoms with Crippen molar-refractivity contribution in [3.05, 3.63) is 48.2 Å². The van der Waals surface area contributed by atoms with Gasteiger partial charge in [0, 0.05) is 24.2 Å². The van der Waals surface area contributed by atoms with Crippen LogP contribution in [0.1, 0.15) is 10.4 Å². The van der Waals surface area contributed by atoms with Crippen molar-refractivity contribution in [2.24, 2.45) is 0 Å². The lowest BCUT2D eigenvalue weighted by molar-refractivity contribution is -0.119. The molecule has 0 saturated heterocycles. The first-order valence-electron chi connectivity index (χ1n) is 8.01. The Morgan fingerprint density at radius 2 is 2.04 bits per heavy atom. The molecule has 2 aromatic rings.